The van der Waals surface area contributed by atoms with Crippen LogP contribution in [0.3, 0.4) is 0 Å². The van der Waals surface area contributed by atoms with Gasteiger partial charge in [0.05, 0.1) is 18.3 Å². The van der Waals surface area contributed by atoms with Crippen LogP contribution in [0, 0.1) is 0 Å². The van der Waals surface area contributed by atoms with Gasteiger partial charge in [-0.15, -0.1) is 0 Å². The number of amides is 1. The molecule has 3 rings (SSSR count). The number of hydrogen-bond acceptors (Lipinski definition) is 5. The number of carbonyl (C=O) groups is 2. The number of carbonyl (C=O) groups excluding carboxylic acids is 1. The van der Waals surface area contributed by atoms with Crippen molar-refractivity contribution in [3.05, 3.63) is 24.0 Å². The van der Waals surface area contributed by atoms with E-state index in [9.17, 15) is 9.59 Å². The van der Waals surface area contributed by atoms with E-state index in [1.54, 1.807) is 12.4 Å². The highest BCUT2D eigenvalue weighted by Crippen LogP contribution is 2.26. The Kier molecular flexibility index (Phi) is 5.22. The lowest BCUT2D eigenvalue weighted by atomic mass is 9.85. The summed E-state index contributed by atoms with van der Waals surface area (Å²) in [6, 6.07) is 2.30. The third kappa shape index (κ3) is 3.70. The first-order valence-corrected chi connectivity index (χ1v) is 8.99. The average molecular weight is 359 g/mol. The summed E-state index contributed by atoms with van der Waals surface area (Å²) in [5.41, 5.74) is 1.29. The monoisotopic (exact) mass is 359 g/mol. The zero-order chi connectivity index (χ0) is 18.8. The van der Waals surface area contributed by atoms with Crippen molar-refractivity contribution in [1.29, 1.82) is 0 Å². The minimum atomic E-state index is -0.819. The Morgan fingerprint density at radius 1 is 1.38 bits per heavy atom. The zero-order valence-electron chi connectivity index (χ0n) is 15.3. The second kappa shape index (κ2) is 7.41. The van der Waals surface area contributed by atoms with E-state index in [1.807, 2.05) is 36.4 Å². The average Bonchev–Trinajstić information content (AvgIpc) is 2.98. The van der Waals surface area contributed by atoms with Gasteiger partial charge in [-0.05, 0) is 39.3 Å². The summed E-state index contributed by atoms with van der Waals surface area (Å²) < 4.78 is 1.83. The number of carboxylic acids is 1. The molecule has 2 heterocycles. The van der Waals surface area contributed by atoms with Gasteiger partial charge in [0.1, 0.15) is 0 Å². The van der Waals surface area contributed by atoms with E-state index in [2.05, 4.69) is 15.4 Å². The van der Waals surface area contributed by atoms with Gasteiger partial charge in [0.15, 0.2) is 5.65 Å². The maximum absolute atomic E-state index is 12.5. The maximum atomic E-state index is 12.5. The van der Waals surface area contributed by atoms with Crippen molar-refractivity contribution >= 4 is 22.9 Å². The fourth-order valence-electron chi connectivity index (χ4n) is 3.39. The molecular formula is C18H25N5O3. The van der Waals surface area contributed by atoms with E-state index in [1.165, 1.54) is 0 Å². The van der Waals surface area contributed by atoms with Crippen molar-refractivity contribution in [3.8, 4) is 0 Å². The van der Waals surface area contributed by atoms with Crippen LogP contribution < -0.4 is 5.32 Å². The number of fused-ring (bicyclic) bond motifs is 1. The summed E-state index contributed by atoms with van der Waals surface area (Å²) >= 11 is 0. The Hall–Kier alpha value is -2.48. The quantitative estimate of drug-likeness (QED) is 0.780. The van der Waals surface area contributed by atoms with E-state index >= 15 is 0 Å². The van der Waals surface area contributed by atoms with Gasteiger partial charge < -0.3 is 10.4 Å². The highest BCUT2D eigenvalue weighted by atomic mass is 16.4. The number of aliphatic carboxylic acids is 1. The Balaban J connectivity index is 1.59. The fraction of sp³-hybridized carbons (Fsp3) is 0.556. The summed E-state index contributed by atoms with van der Waals surface area (Å²) in [6.07, 6.45) is 4.85. The summed E-state index contributed by atoms with van der Waals surface area (Å²) in [4.78, 5) is 29.7. The lowest BCUT2D eigenvalue weighted by Crippen LogP contribution is -2.54. The third-order valence-corrected chi connectivity index (χ3v) is 4.89. The van der Waals surface area contributed by atoms with Crippen molar-refractivity contribution in [2.75, 3.05) is 13.1 Å². The maximum Gasteiger partial charge on any atom is 0.317 e. The summed E-state index contributed by atoms with van der Waals surface area (Å²) in [5, 5.41) is 17.1. The van der Waals surface area contributed by atoms with E-state index in [-0.39, 0.29) is 30.6 Å². The van der Waals surface area contributed by atoms with Crippen LogP contribution in [0.15, 0.2) is 18.5 Å². The molecule has 8 nitrogen and oxygen atoms in total. The smallest absolute Gasteiger partial charge is 0.317 e. The molecule has 0 aliphatic heterocycles. The normalized spacial score (nSPS) is 19.7. The Morgan fingerprint density at radius 3 is 2.73 bits per heavy atom. The molecule has 0 radical (unpaired) electrons. The number of pyridine rings is 1. The molecule has 2 N–H and O–H groups in total. The van der Waals surface area contributed by atoms with Gasteiger partial charge in [-0.25, -0.2) is 9.67 Å². The predicted octanol–water partition coefficient (Wildman–Crippen LogP) is 1.68. The zero-order valence-corrected chi connectivity index (χ0v) is 15.3. The molecule has 2 aromatic rings. The summed E-state index contributed by atoms with van der Waals surface area (Å²) in [7, 11) is 0. The van der Waals surface area contributed by atoms with Gasteiger partial charge in [0.2, 0.25) is 0 Å². The predicted molar refractivity (Wildman–Crippen MR) is 97.1 cm³/mol. The minimum absolute atomic E-state index is 0.0439. The van der Waals surface area contributed by atoms with Crippen LogP contribution in [-0.2, 0) is 4.79 Å². The van der Waals surface area contributed by atoms with Crippen LogP contribution in [0.25, 0.3) is 11.0 Å². The van der Waals surface area contributed by atoms with Crippen LogP contribution in [0.5, 0.6) is 0 Å². The fourth-order valence-corrected chi connectivity index (χ4v) is 3.39. The molecule has 0 atom stereocenters. The molecule has 0 saturated heterocycles. The van der Waals surface area contributed by atoms with Gasteiger partial charge in [-0.1, -0.05) is 6.92 Å². The van der Waals surface area contributed by atoms with Crippen LogP contribution in [0.4, 0.5) is 0 Å². The van der Waals surface area contributed by atoms with Crippen molar-refractivity contribution in [3.63, 3.8) is 0 Å². The van der Waals surface area contributed by atoms with E-state index < -0.39 is 5.97 Å². The SMILES string of the molecule is CCN(CC(=O)O)C1CC(NC(=O)c2cnc3c(cnn3C(C)C)c2)C1. The van der Waals surface area contributed by atoms with Crippen LogP contribution >= 0.6 is 0 Å². The Bertz CT molecular complexity index is 810. The van der Waals surface area contributed by atoms with Gasteiger partial charge in [-0.3, -0.25) is 14.5 Å². The number of carboxylic acid groups (broad SMARTS) is 1. The molecule has 2 aromatic heterocycles. The number of likely N-dealkylation sites (N-methyl/N-ethyl adjacent to an activating group) is 1. The van der Waals surface area contributed by atoms with Crippen LogP contribution in [0.1, 0.15) is 50.0 Å². The number of aromatic nitrogens is 3. The first-order valence-electron chi connectivity index (χ1n) is 8.99. The molecule has 1 aliphatic rings. The number of nitrogens with zero attached hydrogens (tertiary/aromatic N) is 4. The molecule has 0 bridgehead atoms. The minimum Gasteiger partial charge on any atom is -0.480 e. The lowest BCUT2D eigenvalue weighted by Gasteiger charge is -2.42. The number of hydrogen-bond donors (Lipinski definition) is 2. The number of rotatable bonds is 7. The second-order valence-electron chi connectivity index (χ2n) is 7.07. The molecular weight excluding hydrogens is 334 g/mol. The van der Waals surface area contributed by atoms with Gasteiger partial charge in [-0.2, -0.15) is 5.10 Å². The highest BCUT2D eigenvalue weighted by molar-refractivity contribution is 5.97. The second-order valence-corrected chi connectivity index (χ2v) is 7.07. The van der Waals surface area contributed by atoms with Crippen LogP contribution in [-0.4, -0.2) is 61.8 Å². The molecule has 8 heteroatoms. The molecule has 1 amide bonds. The summed E-state index contributed by atoms with van der Waals surface area (Å²) in [5.74, 6) is -0.970. The van der Waals surface area contributed by atoms with Crippen molar-refractivity contribution in [1.82, 2.24) is 25.0 Å². The summed E-state index contributed by atoms with van der Waals surface area (Å²) in [6.45, 7) is 6.75. The largest absolute Gasteiger partial charge is 0.480 e. The van der Waals surface area contributed by atoms with Gasteiger partial charge in [0.25, 0.3) is 5.91 Å². The Morgan fingerprint density at radius 2 is 2.12 bits per heavy atom. The molecule has 26 heavy (non-hydrogen) atoms. The van der Waals surface area contributed by atoms with Crippen molar-refractivity contribution in [2.24, 2.45) is 0 Å². The van der Waals surface area contributed by atoms with E-state index in [0.29, 0.717) is 12.1 Å². The van der Waals surface area contributed by atoms with E-state index in [0.717, 1.165) is 23.9 Å². The van der Waals surface area contributed by atoms with Crippen molar-refractivity contribution in [2.45, 2.75) is 51.7 Å². The van der Waals surface area contributed by atoms with E-state index in [4.69, 9.17) is 5.11 Å². The topological polar surface area (TPSA) is 100 Å². The van der Waals surface area contributed by atoms with Crippen molar-refractivity contribution < 1.29 is 14.7 Å². The number of nitrogens with one attached hydrogen (secondary N) is 1. The third-order valence-electron chi connectivity index (χ3n) is 4.89. The first-order chi connectivity index (χ1) is 12.4. The molecule has 1 aliphatic carbocycles. The van der Waals surface area contributed by atoms with Gasteiger partial charge >= 0.3 is 5.97 Å². The molecule has 140 valence electrons. The highest BCUT2D eigenvalue weighted by Gasteiger charge is 2.34. The molecule has 0 spiro atoms. The van der Waals surface area contributed by atoms with Crippen LogP contribution in [0.2, 0.25) is 0 Å². The Labute approximate surface area is 152 Å². The standard InChI is InChI=1S/C18H25N5O3/c1-4-22(10-16(24)25)15-6-14(7-15)21-18(26)13-5-12-9-20-23(11(2)3)17(12)19-8-13/h5,8-9,11,14-15H,4,6-7,10H2,1-3H3,(H,21,26)(H,24,25). The molecule has 0 aromatic carbocycles. The first kappa shape index (κ1) is 18.3. The lowest BCUT2D eigenvalue weighted by molar-refractivity contribution is -0.139. The molecule has 1 fully saturated rings. The van der Waals surface area contributed by atoms with Gasteiger partial charge in [0, 0.05) is 29.7 Å². The molecule has 1 saturated carbocycles. The molecule has 0 unspecified atom stereocenters.